The second-order valence-corrected chi connectivity index (χ2v) is 4.57. The van der Waals surface area contributed by atoms with Crippen molar-refractivity contribution in [2.45, 2.75) is 32.6 Å². The van der Waals surface area contributed by atoms with Crippen LogP contribution in [-0.4, -0.2) is 48.2 Å². The van der Waals surface area contributed by atoms with Gasteiger partial charge >= 0.3 is 12.3 Å². The molecule has 2 N–H and O–H groups in total. The Morgan fingerprint density at radius 1 is 1.43 bits per heavy atom. The minimum atomic E-state index is -4.24. The molecule has 1 amide bonds. The van der Waals surface area contributed by atoms with Crippen LogP contribution in [0.15, 0.2) is 0 Å². The van der Waals surface area contributed by atoms with Crippen LogP contribution in [0.1, 0.15) is 17.0 Å². The highest BCUT2D eigenvalue weighted by molar-refractivity contribution is 5.77. The number of aromatic amines is 1. The molecule has 1 heterocycles. The molecule has 9 heteroatoms. The Kier molecular flexibility index (Phi) is 6.13. The highest BCUT2D eigenvalue weighted by Crippen LogP contribution is 2.22. The van der Waals surface area contributed by atoms with Gasteiger partial charge in [-0.25, -0.2) is 8.78 Å². The van der Waals surface area contributed by atoms with E-state index in [2.05, 4.69) is 20.3 Å². The summed E-state index contributed by atoms with van der Waals surface area (Å²) in [5.41, 5.74) is 2.66. The smallest absolute Gasteiger partial charge is 0.330 e. The predicted molar refractivity (Wildman–Crippen MR) is 66.5 cm³/mol. The van der Waals surface area contributed by atoms with Crippen LogP contribution in [0.3, 0.4) is 0 Å². The van der Waals surface area contributed by atoms with Gasteiger partial charge in [0.15, 0.2) is 0 Å². The van der Waals surface area contributed by atoms with E-state index in [0.717, 1.165) is 17.0 Å². The third-order valence-corrected chi connectivity index (χ3v) is 2.82. The third kappa shape index (κ3) is 5.33. The van der Waals surface area contributed by atoms with Crippen LogP contribution in [-0.2, 0) is 16.0 Å². The average Bonchev–Trinajstić information content (AvgIpc) is 2.70. The molecule has 0 atom stereocenters. The van der Waals surface area contributed by atoms with E-state index in [4.69, 9.17) is 0 Å². The predicted octanol–water partition coefficient (Wildman–Crippen LogP) is 1.60. The van der Waals surface area contributed by atoms with Gasteiger partial charge in [0, 0.05) is 12.2 Å². The fourth-order valence-electron chi connectivity index (χ4n) is 1.66. The van der Waals surface area contributed by atoms with Gasteiger partial charge in [-0.05, 0) is 25.8 Å². The first-order valence-electron chi connectivity index (χ1n) is 6.25. The lowest BCUT2D eigenvalue weighted by Gasteiger charge is -2.14. The molecule has 0 aromatic carbocycles. The van der Waals surface area contributed by atoms with Crippen molar-refractivity contribution >= 4 is 5.91 Å². The van der Waals surface area contributed by atoms with E-state index in [1.165, 1.54) is 0 Å². The number of hydrogen-bond acceptors (Lipinski definition) is 3. The zero-order valence-electron chi connectivity index (χ0n) is 11.7. The van der Waals surface area contributed by atoms with Gasteiger partial charge in [-0.15, -0.1) is 0 Å². The average molecular weight is 311 g/mol. The van der Waals surface area contributed by atoms with Crippen LogP contribution < -0.4 is 5.32 Å². The van der Waals surface area contributed by atoms with Crippen molar-refractivity contribution in [3.8, 4) is 0 Å². The fourth-order valence-corrected chi connectivity index (χ4v) is 1.66. The van der Waals surface area contributed by atoms with Gasteiger partial charge in [-0.3, -0.25) is 9.89 Å². The highest BCUT2D eigenvalue weighted by atomic mass is 19.3. The van der Waals surface area contributed by atoms with Crippen LogP contribution in [0.4, 0.5) is 17.6 Å². The maximum Gasteiger partial charge on any atom is 0.330 e. The molecular weight excluding hydrogens is 294 g/mol. The highest BCUT2D eigenvalue weighted by Gasteiger charge is 2.41. The first-order chi connectivity index (χ1) is 9.74. The van der Waals surface area contributed by atoms with Crippen molar-refractivity contribution < 1.29 is 27.1 Å². The number of carbonyl (C=O) groups excluding carboxylic acids is 1. The Bertz CT molecular complexity index is 458. The molecule has 0 saturated carbocycles. The largest absolute Gasteiger partial charge is 0.365 e. The molecule has 0 aliphatic carbocycles. The summed E-state index contributed by atoms with van der Waals surface area (Å²) in [6.45, 7) is 1.75. The van der Waals surface area contributed by atoms with Gasteiger partial charge in [0.1, 0.15) is 13.2 Å². The van der Waals surface area contributed by atoms with E-state index in [9.17, 15) is 22.4 Å². The molecule has 0 unspecified atom stereocenters. The monoisotopic (exact) mass is 311 g/mol. The molecule has 1 aromatic heterocycles. The van der Waals surface area contributed by atoms with Crippen LogP contribution in [0, 0.1) is 13.8 Å². The first-order valence-corrected chi connectivity index (χ1v) is 6.25. The number of nitrogens with one attached hydrogen (secondary N) is 2. The van der Waals surface area contributed by atoms with Gasteiger partial charge < -0.3 is 10.1 Å². The summed E-state index contributed by atoms with van der Waals surface area (Å²) in [6, 6.07) is 0. The summed E-state index contributed by atoms with van der Waals surface area (Å²) in [7, 11) is 0. The number of halogens is 4. The van der Waals surface area contributed by atoms with Gasteiger partial charge in [-0.2, -0.15) is 13.9 Å². The lowest BCUT2D eigenvalue weighted by atomic mass is 10.1. The van der Waals surface area contributed by atoms with E-state index in [-0.39, 0.29) is 6.54 Å². The summed E-state index contributed by atoms with van der Waals surface area (Å²) >= 11 is 0. The van der Waals surface area contributed by atoms with Crippen LogP contribution in [0.25, 0.3) is 0 Å². The Morgan fingerprint density at radius 3 is 2.62 bits per heavy atom. The Labute approximate surface area is 119 Å². The maximum atomic E-state index is 12.5. The van der Waals surface area contributed by atoms with E-state index in [0.29, 0.717) is 6.42 Å². The van der Waals surface area contributed by atoms with E-state index >= 15 is 0 Å². The quantitative estimate of drug-likeness (QED) is 0.717. The number of aryl methyl sites for hydroxylation is 2. The van der Waals surface area contributed by atoms with Crippen molar-refractivity contribution in [3.05, 3.63) is 17.0 Å². The summed E-state index contributed by atoms with van der Waals surface area (Å²) in [5.74, 6) is -4.88. The van der Waals surface area contributed by atoms with Crippen molar-refractivity contribution in [2.75, 3.05) is 19.8 Å². The second kappa shape index (κ2) is 7.39. The van der Waals surface area contributed by atoms with E-state index in [1.54, 1.807) is 0 Å². The molecule has 0 aliphatic heterocycles. The fraction of sp³-hybridized carbons (Fsp3) is 0.667. The number of nitrogens with zero attached hydrogens (tertiary/aromatic N) is 1. The molecule has 0 aliphatic rings. The van der Waals surface area contributed by atoms with Crippen LogP contribution in [0.5, 0.6) is 0 Å². The van der Waals surface area contributed by atoms with Gasteiger partial charge in [0.2, 0.25) is 5.91 Å². The minimum absolute atomic E-state index is 0.272. The summed E-state index contributed by atoms with van der Waals surface area (Å²) < 4.78 is 53.0. The first kappa shape index (κ1) is 17.4. The number of ether oxygens (including phenoxy) is 1. The second-order valence-electron chi connectivity index (χ2n) is 4.57. The summed E-state index contributed by atoms with van der Waals surface area (Å²) in [6.07, 6.45) is -3.29. The SMILES string of the molecule is Cc1n[nH]c(C)c1CCNC(=O)COCC(F)(F)C(F)F. The van der Waals surface area contributed by atoms with E-state index < -0.39 is 31.5 Å². The third-order valence-electron chi connectivity index (χ3n) is 2.82. The van der Waals surface area contributed by atoms with Crippen molar-refractivity contribution in [2.24, 2.45) is 0 Å². The summed E-state index contributed by atoms with van der Waals surface area (Å²) in [4.78, 5) is 11.3. The molecule has 0 spiro atoms. The maximum absolute atomic E-state index is 12.5. The number of carbonyl (C=O) groups is 1. The lowest BCUT2D eigenvalue weighted by molar-refractivity contribution is -0.168. The number of rotatable bonds is 8. The molecule has 0 saturated heterocycles. The molecule has 21 heavy (non-hydrogen) atoms. The van der Waals surface area contributed by atoms with Crippen molar-refractivity contribution in [1.82, 2.24) is 15.5 Å². The molecule has 1 aromatic rings. The van der Waals surface area contributed by atoms with Crippen LogP contribution >= 0.6 is 0 Å². The molecule has 0 radical (unpaired) electrons. The molecule has 1 rings (SSSR count). The number of amides is 1. The molecule has 0 bridgehead atoms. The molecule has 0 fully saturated rings. The van der Waals surface area contributed by atoms with Crippen molar-refractivity contribution in [3.63, 3.8) is 0 Å². The lowest BCUT2D eigenvalue weighted by Crippen LogP contribution is -2.35. The Morgan fingerprint density at radius 2 is 2.10 bits per heavy atom. The molecule has 120 valence electrons. The Balaban J connectivity index is 2.23. The topological polar surface area (TPSA) is 67.0 Å². The Hall–Kier alpha value is -1.64. The number of hydrogen-bond donors (Lipinski definition) is 2. The number of aromatic nitrogens is 2. The zero-order valence-corrected chi connectivity index (χ0v) is 11.7. The minimum Gasteiger partial charge on any atom is -0.365 e. The van der Waals surface area contributed by atoms with Crippen molar-refractivity contribution in [1.29, 1.82) is 0 Å². The standard InChI is InChI=1S/C12H17F4N3O2/c1-7-9(8(2)19-18-7)3-4-17-10(20)5-21-6-12(15,16)11(13)14/h11H,3-6H2,1-2H3,(H,17,20)(H,18,19). The molecule has 5 nitrogen and oxygen atoms in total. The number of alkyl halides is 4. The van der Waals surface area contributed by atoms with Gasteiger partial charge in [0.05, 0.1) is 5.69 Å². The van der Waals surface area contributed by atoms with E-state index in [1.807, 2.05) is 13.8 Å². The number of H-pyrrole nitrogens is 1. The van der Waals surface area contributed by atoms with Gasteiger partial charge in [0.25, 0.3) is 0 Å². The zero-order chi connectivity index (χ0) is 16.0. The van der Waals surface area contributed by atoms with Gasteiger partial charge in [-0.1, -0.05) is 0 Å². The summed E-state index contributed by atoms with van der Waals surface area (Å²) in [5, 5.41) is 9.24. The molecular formula is C12H17F4N3O2. The van der Waals surface area contributed by atoms with Crippen LogP contribution in [0.2, 0.25) is 0 Å². The normalized spacial score (nSPS) is 12.0.